The first-order chi connectivity index (χ1) is 12.5. The summed E-state index contributed by atoms with van der Waals surface area (Å²) < 4.78 is 10.1. The number of methoxy groups -OCH3 is 1. The monoisotopic (exact) mass is 390 g/mol. The number of carbonyl (C=O) groups excluding carboxylic acids is 2. The first-order valence-electron chi connectivity index (χ1n) is 7.58. The summed E-state index contributed by atoms with van der Waals surface area (Å²) in [5.41, 5.74) is 1.22. The van der Waals surface area contributed by atoms with E-state index in [2.05, 4.69) is 10.6 Å². The topological polar surface area (TPSA) is 80.6 Å². The minimum Gasteiger partial charge on any atom is -0.497 e. The predicted molar refractivity (Wildman–Crippen MR) is 102 cm³/mol. The van der Waals surface area contributed by atoms with Crippen LogP contribution < -0.4 is 15.4 Å². The van der Waals surface area contributed by atoms with Gasteiger partial charge in [0.15, 0.2) is 5.76 Å². The number of hydrogen-bond donors (Lipinski definition) is 2. The van der Waals surface area contributed by atoms with E-state index in [0.29, 0.717) is 26.3 Å². The zero-order chi connectivity index (χ0) is 18.7. The first kappa shape index (κ1) is 18.0. The van der Waals surface area contributed by atoms with Gasteiger partial charge in [0.2, 0.25) is 0 Å². The molecular weight excluding hydrogens is 376 g/mol. The van der Waals surface area contributed by atoms with Gasteiger partial charge in [0, 0.05) is 6.07 Å². The molecular formula is C18H15ClN2O4S. The molecule has 0 bridgehead atoms. The third kappa shape index (κ3) is 3.89. The van der Waals surface area contributed by atoms with Crippen molar-refractivity contribution in [1.82, 2.24) is 0 Å². The quantitative estimate of drug-likeness (QED) is 0.654. The maximum absolute atomic E-state index is 12.5. The minimum atomic E-state index is -0.374. The summed E-state index contributed by atoms with van der Waals surface area (Å²) in [4.78, 5) is 25.1. The molecule has 3 aromatic rings. The summed E-state index contributed by atoms with van der Waals surface area (Å²) in [6, 6.07) is 9.92. The zero-order valence-electron chi connectivity index (χ0n) is 14.0. The van der Waals surface area contributed by atoms with E-state index in [-0.39, 0.29) is 17.6 Å². The van der Waals surface area contributed by atoms with Crippen LogP contribution in [0.5, 0.6) is 5.75 Å². The van der Waals surface area contributed by atoms with Crippen molar-refractivity contribution in [2.75, 3.05) is 17.7 Å². The van der Waals surface area contributed by atoms with Crippen molar-refractivity contribution in [3.63, 3.8) is 0 Å². The number of ether oxygens (including phenoxy) is 1. The van der Waals surface area contributed by atoms with Crippen LogP contribution in [-0.4, -0.2) is 18.9 Å². The van der Waals surface area contributed by atoms with Crippen LogP contribution in [0.2, 0.25) is 5.02 Å². The molecule has 2 heterocycles. The Hall–Kier alpha value is -2.77. The van der Waals surface area contributed by atoms with Crippen LogP contribution in [0.1, 0.15) is 25.8 Å². The zero-order valence-corrected chi connectivity index (χ0v) is 15.5. The van der Waals surface area contributed by atoms with Crippen molar-refractivity contribution in [2.45, 2.75) is 6.92 Å². The Morgan fingerprint density at radius 2 is 1.96 bits per heavy atom. The van der Waals surface area contributed by atoms with Gasteiger partial charge in [-0.3, -0.25) is 9.59 Å². The number of nitrogens with one attached hydrogen (secondary N) is 2. The molecule has 3 rings (SSSR count). The molecule has 0 fully saturated rings. The van der Waals surface area contributed by atoms with Gasteiger partial charge < -0.3 is 19.8 Å². The van der Waals surface area contributed by atoms with Crippen LogP contribution in [-0.2, 0) is 0 Å². The highest BCUT2D eigenvalue weighted by Crippen LogP contribution is 2.30. The van der Waals surface area contributed by atoms with Crippen molar-refractivity contribution < 1.29 is 18.7 Å². The molecule has 1 aromatic carbocycles. The Bertz CT molecular complexity index is 950. The molecule has 0 atom stereocenters. The lowest BCUT2D eigenvalue weighted by molar-refractivity contribution is 0.0995. The van der Waals surface area contributed by atoms with Gasteiger partial charge in [-0.1, -0.05) is 11.6 Å². The second-order valence-electron chi connectivity index (χ2n) is 5.35. The van der Waals surface area contributed by atoms with E-state index in [4.69, 9.17) is 20.8 Å². The number of benzene rings is 1. The number of anilines is 2. The minimum absolute atomic E-state index is 0.201. The number of carbonyl (C=O) groups is 2. The van der Waals surface area contributed by atoms with E-state index in [1.165, 1.54) is 24.7 Å². The summed E-state index contributed by atoms with van der Waals surface area (Å²) in [6.45, 7) is 1.80. The lowest BCUT2D eigenvalue weighted by atomic mass is 10.2. The normalized spacial score (nSPS) is 10.4. The van der Waals surface area contributed by atoms with Gasteiger partial charge in [0.1, 0.15) is 5.75 Å². The fourth-order valence-corrected chi connectivity index (χ4v) is 3.43. The van der Waals surface area contributed by atoms with Crippen LogP contribution in [0.4, 0.5) is 10.7 Å². The van der Waals surface area contributed by atoms with E-state index in [0.717, 1.165) is 5.56 Å². The summed E-state index contributed by atoms with van der Waals surface area (Å²) >= 11 is 7.32. The molecule has 2 amide bonds. The Balaban J connectivity index is 1.74. The van der Waals surface area contributed by atoms with E-state index in [1.54, 1.807) is 43.3 Å². The van der Waals surface area contributed by atoms with Crippen molar-refractivity contribution in [3.8, 4) is 5.75 Å². The van der Waals surface area contributed by atoms with Gasteiger partial charge >= 0.3 is 0 Å². The number of hydrogen-bond acceptors (Lipinski definition) is 5. The Morgan fingerprint density at radius 1 is 1.15 bits per heavy atom. The third-order valence-corrected chi connectivity index (χ3v) is 4.99. The standard InChI is InChI=1S/C18H15ClN2O4S/c1-10-8-15(21-17(22)14-4-3-7-25-14)26-16(10)18(23)20-13-6-5-11(24-2)9-12(13)19/h3-9H,1-2H3,(H,20,23)(H,21,22). The summed E-state index contributed by atoms with van der Waals surface area (Å²) in [5, 5.41) is 6.40. The van der Waals surface area contributed by atoms with Gasteiger partial charge in [-0.05, 0) is 42.8 Å². The smallest absolute Gasteiger partial charge is 0.291 e. The molecule has 134 valence electrons. The van der Waals surface area contributed by atoms with Gasteiger partial charge in [0.25, 0.3) is 11.8 Å². The second-order valence-corrected chi connectivity index (χ2v) is 6.81. The number of amides is 2. The van der Waals surface area contributed by atoms with E-state index in [9.17, 15) is 9.59 Å². The van der Waals surface area contributed by atoms with Gasteiger partial charge in [0.05, 0.1) is 34.0 Å². The van der Waals surface area contributed by atoms with Crippen molar-refractivity contribution in [2.24, 2.45) is 0 Å². The summed E-state index contributed by atoms with van der Waals surface area (Å²) in [6.07, 6.45) is 1.42. The van der Waals surface area contributed by atoms with E-state index < -0.39 is 0 Å². The predicted octanol–water partition coefficient (Wildman–Crippen LogP) is 4.82. The highest BCUT2D eigenvalue weighted by atomic mass is 35.5. The molecule has 0 unspecified atom stereocenters. The number of rotatable bonds is 5. The molecule has 6 nitrogen and oxygen atoms in total. The molecule has 0 aliphatic carbocycles. The molecule has 0 saturated carbocycles. The molecule has 26 heavy (non-hydrogen) atoms. The highest BCUT2D eigenvalue weighted by molar-refractivity contribution is 7.18. The van der Waals surface area contributed by atoms with Gasteiger partial charge in [-0.2, -0.15) is 0 Å². The van der Waals surface area contributed by atoms with Crippen molar-refractivity contribution >= 4 is 45.4 Å². The maximum Gasteiger partial charge on any atom is 0.291 e. The molecule has 0 aliphatic rings. The Labute approximate surface area is 158 Å². The second kappa shape index (κ2) is 7.63. The number of halogens is 1. The average molecular weight is 391 g/mol. The van der Waals surface area contributed by atoms with Crippen molar-refractivity contribution in [3.05, 3.63) is 63.9 Å². The number of thiophene rings is 1. The molecule has 0 spiro atoms. The van der Waals surface area contributed by atoms with Crippen LogP contribution in [0.25, 0.3) is 0 Å². The highest BCUT2D eigenvalue weighted by Gasteiger charge is 2.17. The SMILES string of the molecule is COc1ccc(NC(=O)c2sc(NC(=O)c3ccco3)cc2C)c(Cl)c1. The van der Waals surface area contributed by atoms with E-state index >= 15 is 0 Å². The summed E-state index contributed by atoms with van der Waals surface area (Å²) in [7, 11) is 1.54. The van der Waals surface area contributed by atoms with Gasteiger partial charge in [-0.25, -0.2) is 0 Å². The van der Waals surface area contributed by atoms with Crippen LogP contribution in [0.3, 0.4) is 0 Å². The Kier molecular flexibility index (Phi) is 5.29. The average Bonchev–Trinajstić information content (AvgIpc) is 3.26. The largest absolute Gasteiger partial charge is 0.497 e. The summed E-state index contributed by atoms with van der Waals surface area (Å²) in [5.74, 6) is 0.120. The molecule has 2 N–H and O–H groups in total. The molecule has 0 aliphatic heterocycles. The van der Waals surface area contributed by atoms with Crippen LogP contribution >= 0.6 is 22.9 Å². The number of aryl methyl sites for hydroxylation is 1. The fraction of sp³-hybridized carbons (Fsp3) is 0.111. The van der Waals surface area contributed by atoms with Crippen LogP contribution in [0, 0.1) is 6.92 Å². The lowest BCUT2D eigenvalue weighted by Crippen LogP contribution is -2.11. The van der Waals surface area contributed by atoms with E-state index in [1.807, 2.05) is 0 Å². The Morgan fingerprint density at radius 3 is 2.62 bits per heavy atom. The fourth-order valence-electron chi connectivity index (χ4n) is 2.25. The molecule has 0 radical (unpaired) electrons. The van der Waals surface area contributed by atoms with Crippen molar-refractivity contribution in [1.29, 1.82) is 0 Å². The maximum atomic E-state index is 12.5. The molecule has 0 saturated heterocycles. The third-order valence-electron chi connectivity index (χ3n) is 3.53. The number of furan rings is 1. The van der Waals surface area contributed by atoms with Gasteiger partial charge in [-0.15, -0.1) is 11.3 Å². The van der Waals surface area contributed by atoms with Crippen LogP contribution in [0.15, 0.2) is 47.1 Å². The lowest BCUT2D eigenvalue weighted by Gasteiger charge is -2.08. The molecule has 8 heteroatoms. The first-order valence-corrected chi connectivity index (χ1v) is 8.77. The molecule has 2 aromatic heterocycles.